The molecule has 1 aromatic heterocycles. The Balaban J connectivity index is 2.42. The molecule has 0 saturated heterocycles. The van der Waals surface area contributed by atoms with E-state index in [0.717, 1.165) is 42.3 Å². The van der Waals surface area contributed by atoms with Crippen LogP contribution in [0.4, 0.5) is 5.82 Å². The third kappa shape index (κ3) is 3.31. The summed E-state index contributed by atoms with van der Waals surface area (Å²) in [6.45, 7) is 7.30. The monoisotopic (exact) mass is 255 g/mol. The molecule has 0 spiro atoms. The standard InChI is InChI=1S/C16H21N3/c1-4-10-17-15-11-13(5-2)18-16(19-15)14-9-7-6-8-12(14)3/h6-9,11H,4-5,10H2,1-3H3,(H,17,18,19). The van der Waals surface area contributed by atoms with Crippen molar-refractivity contribution in [3.05, 3.63) is 41.6 Å². The van der Waals surface area contributed by atoms with Gasteiger partial charge in [0, 0.05) is 23.9 Å². The largest absolute Gasteiger partial charge is 0.370 e. The van der Waals surface area contributed by atoms with Crippen molar-refractivity contribution in [2.45, 2.75) is 33.6 Å². The molecule has 3 nitrogen and oxygen atoms in total. The first kappa shape index (κ1) is 13.5. The molecule has 0 atom stereocenters. The SMILES string of the molecule is CCCNc1cc(CC)nc(-c2ccccc2C)n1. The van der Waals surface area contributed by atoms with Gasteiger partial charge in [-0.15, -0.1) is 0 Å². The lowest BCUT2D eigenvalue weighted by Crippen LogP contribution is -2.05. The van der Waals surface area contributed by atoms with Crippen LogP contribution < -0.4 is 5.32 Å². The molecule has 0 radical (unpaired) electrons. The van der Waals surface area contributed by atoms with Gasteiger partial charge in [-0.3, -0.25) is 0 Å². The third-order valence-electron chi connectivity index (χ3n) is 3.08. The molecule has 3 heteroatoms. The van der Waals surface area contributed by atoms with E-state index in [1.54, 1.807) is 0 Å². The maximum atomic E-state index is 4.64. The number of aromatic nitrogens is 2. The van der Waals surface area contributed by atoms with Crippen LogP contribution in [0.15, 0.2) is 30.3 Å². The van der Waals surface area contributed by atoms with Crippen molar-refractivity contribution in [2.24, 2.45) is 0 Å². The topological polar surface area (TPSA) is 37.8 Å². The van der Waals surface area contributed by atoms with Crippen molar-refractivity contribution < 1.29 is 0 Å². The maximum absolute atomic E-state index is 4.64. The van der Waals surface area contributed by atoms with E-state index in [-0.39, 0.29) is 0 Å². The molecule has 0 amide bonds. The quantitative estimate of drug-likeness (QED) is 0.882. The van der Waals surface area contributed by atoms with E-state index in [9.17, 15) is 0 Å². The van der Waals surface area contributed by atoms with Crippen molar-refractivity contribution >= 4 is 5.82 Å². The van der Waals surface area contributed by atoms with Gasteiger partial charge < -0.3 is 5.32 Å². The highest BCUT2D eigenvalue weighted by atomic mass is 15.0. The molecule has 0 aliphatic rings. The van der Waals surface area contributed by atoms with Crippen molar-refractivity contribution in [3.63, 3.8) is 0 Å². The number of hydrogen-bond acceptors (Lipinski definition) is 3. The molecule has 0 saturated carbocycles. The van der Waals surface area contributed by atoms with Crippen LogP contribution in [0, 0.1) is 6.92 Å². The number of aryl methyl sites for hydroxylation is 2. The Morgan fingerprint density at radius 2 is 1.89 bits per heavy atom. The normalized spacial score (nSPS) is 10.5. The average molecular weight is 255 g/mol. The third-order valence-corrected chi connectivity index (χ3v) is 3.08. The second kappa shape index (κ2) is 6.32. The minimum Gasteiger partial charge on any atom is -0.370 e. The molecule has 100 valence electrons. The molecule has 0 fully saturated rings. The highest BCUT2D eigenvalue weighted by Gasteiger charge is 2.07. The number of anilines is 1. The first-order chi connectivity index (χ1) is 9.24. The Morgan fingerprint density at radius 3 is 2.58 bits per heavy atom. The van der Waals surface area contributed by atoms with Crippen LogP contribution in [0.25, 0.3) is 11.4 Å². The maximum Gasteiger partial charge on any atom is 0.162 e. The van der Waals surface area contributed by atoms with Gasteiger partial charge >= 0.3 is 0 Å². The molecule has 1 heterocycles. The Hall–Kier alpha value is -1.90. The highest BCUT2D eigenvalue weighted by Crippen LogP contribution is 2.21. The van der Waals surface area contributed by atoms with E-state index < -0.39 is 0 Å². The zero-order chi connectivity index (χ0) is 13.7. The van der Waals surface area contributed by atoms with Crippen LogP contribution in [0.5, 0.6) is 0 Å². The first-order valence-corrected chi connectivity index (χ1v) is 6.92. The van der Waals surface area contributed by atoms with Crippen LogP contribution in [-0.4, -0.2) is 16.5 Å². The van der Waals surface area contributed by atoms with Gasteiger partial charge in [0.15, 0.2) is 5.82 Å². The molecule has 1 N–H and O–H groups in total. The van der Waals surface area contributed by atoms with Gasteiger partial charge in [-0.2, -0.15) is 0 Å². The Kier molecular flexibility index (Phi) is 4.50. The molecule has 0 unspecified atom stereocenters. The predicted octanol–water partition coefficient (Wildman–Crippen LogP) is 3.84. The summed E-state index contributed by atoms with van der Waals surface area (Å²) in [5.41, 5.74) is 3.39. The zero-order valence-corrected chi connectivity index (χ0v) is 11.9. The summed E-state index contributed by atoms with van der Waals surface area (Å²) in [5, 5.41) is 3.35. The Labute approximate surface area is 115 Å². The molecule has 1 aromatic carbocycles. The number of benzene rings is 1. The molecule has 0 aliphatic carbocycles. The van der Waals surface area contributed by atoms with E-state index in [1.807, 2.05) is 18.2 Å². The van der Waals surface area contributed by atoms with Crippen LogP contribution in [-0.2, 0) is 6.42 Å². The van der Waals surface area contributed by atoms with Gasteiger partial charge in [-0.05, 0) is 25.3 Å². The molecule has 0 bridgehead atoms. The van der Waals surface area contributed by atoms with Gasteiger partial charge in [-0.1, -0.05) is 38.1 Å². The van der Waals surface area contributed by atoms with Gasteiger partial charge in [-0.25, -0.2) is 9.97 Å². The molecular weight excluding hydrogens is 234 g/mol. The zero-order valence-electron chi connectivity index (χ0n) is 11.9. The summed E-state index contributed by atoms with van der Waals surface area (Å²) in [4.78, 5) is 9.27. The van der Waals surface area contributed by atoms with E-state index >= 15 is 0 Å². The number of hydrogen-bond donors (Lipinski definition) is 1. The minimum atomic E-state index is 0.816. The lowest BCUT2D eigenvalue weighted by Gasteiger charge is -2.10. The van der Waals surface area contributed by atoms with E-state index in [1.165, 1.54) is 5.56 Å². The average Bonchev–Trinajstić information content (AvgIpc) is 2.45. The fourth-order valence-electron chi connectivity index (χ4n) is 1.97. The lowest BCUT2D eigenvalue weighted by atomic mass is 10.1. The fraction of sp³-hybridized carbons (Fsp3) is 0.375. The molecule has 0 aliphatic heterocycles. The second-order valence-corrected chi connectivity index (χ2v) is 4.66. The Morgan fingerprint density at radius 1 is 1.11 bits per heavy atom. The van der Waals surface area contributed by atoms with Crippen molar-refractivity contribution in [1.82, 2.24) is 9.97 Å². The minimum absolute atomic E-state index is 0.816. The summed E-state index contributed by atoms with van der Waals surface area (Å²) in [7, 11) is 0. The summed E-state index contributed by atoms with van der Waals surface area (Å²) in [6, 6.07) is 10.3. The van der Waals surface area contributed by atoms with Crippen LogP contribution in [0.3, 0.4) is 0 Å². The van der Waals surface area contributed by atoms with Gasteiger partial charge in [0.1, 0.15) is 5.82 Å². The first-order valence-electron chi connectivity index (χ1n) is 6.92. The second-order valence-electron chi connectivity index (χ2n) is 4.66. The lowest BCUT2D eigenvalue weighted by molar-refractivity contribution is 0.951. The van der Waals surface area contributed by atoms with Crippen LogP contribution in [0.2, 0.25) is 0 Å². The molecule has 2 aromatic rings. The smallest absolute Gasteiger partial charge is 0.162 e. The summed E-state index contributed by atoms with van der Waals surface area (Å²) >= 11 is 0. The highest BCUT2D eigenvalue weighted by molar-refractivity contribution is 5.61. The summed E-state index contributed by atoms with van der Waals surface area (Å²) < 4.78 is 0. The van der Waals surface area contributed by atoms with E-state index in [2.05, 4.69) is 48.2 Å². The van der Waals surface area contributed by atoms with Crippen molar-refractivity contribution in [2.75, 3.05) is 11.9 Å². The molecular formula is C16H21N3. The van der Waals surface area contributed by atoms with Gasteiger partial charge in [0.05, 0.1) is 0 Å². The van der Waals surface area contributed by atoms with Crippen molar-refractivity contribution in [3.8, 4) is 11.4 Å². The summed E-state index contributed by atoms with van der Waals surface area (Å²) in [6.07, 6.45) is 2.01. The van der Waals surface area contributed by atoms with Gasteiger partial charge in [0.25, 0.3) is 0 Å². The fourth-order valence-corrected chi connectivity index (χ4v) is 1.97. The number of nitrogens with zero attached hydrogens (tertiary/aromatic N) is 2. The van der Waals surface area contributed by atoms with Crippen LogP contribution in [0.1, 0.15) is 31.5 Å². The summed E-state index contributed by atoms with van der Waals surface area (Å²) in [5.74, 6) is 1.74. The molecule has 2 rings (SSSR count). The van der Waals surface area contributed by atoms with E-state index in [0.29, 0.717) is 0 Å². The number of rotatable bonds is 5. The van der Waals surface area contributed by atoms with Crippen LogP contribution >= 0.6 is 0 Å². The number of nitrogens with one attached hydrogen (secondary N) is 1. The molecule has 19 heavy (non-hydrogen) atoms. The van der Waals surface area contributed by atoms with E-state index in [4.69, 9.17) is 0 Å². The predicted molar refractivity (Wildman–Crippen MR) is 80.4 cm³/mol. The Bertz CT molecular complexity index is 549. The van der Waals surface area contributed by atoms with Crippen molar-refractivity contribution in [1.29, 1.82) is 0 Å². The van der Waals surface area contributed by atoms with Gasteiger partial charge in [0.2, 0.25) is 0 Å².